The van der Waals surface area contributed by atoms with E-state index in [1.807, 2.05) is 35.2 Å². The fourth-order valence-corrected chi connectivity index (χ4v) is 4.97. The summed E-state index contributed by atoms with van der Waals surface area (Å²) in [5.74, 6) is 0.533. The number of amides is 2. The van der Waals surface area contributed by atoms with Crippen LogP contribution >= 0.6 is 0 Å². The molecule has 0 spiro atoms. The monoisotopic (exact) mass is 480 g/mol. The second-order valence-corrected chi connectivity index (χ2v) is 9.12. The molecule has 2 aliphatic rings. The van der Waals surface area contributed by atoms with Crippen molar-refractivity contribution in [3.05, 3.63) is 65.7 Å². The van der Waals surface area contributed by atoms with E-state index in [4.69, 9.17) is 9.47 Å². The van der Waals surface area contributed by atoms with E-state index in [-0.39, 0.29) is 17.9 Å². The molecule has 8 heteroatoms. The summed E-state index contributed by atoms with van der Waals surface area (Å²) >= 11 is 0. The molecule has 0 bridgehead atoms. The Hall–Kier alpha value is -2.94. The van der Waals surface area contributed by atoms with Crippen molar-refractivity contribution < 1.29 is 19.1 Å². The molecule has 1 N–H and O–H groups in total. The lowest BCUT2D eigenvalue weighted by Gasteiger charge is -2.32. The van der Waals surface area contributed by atoms with Crippen LogP contribution in [0.4, 0.5) is 0 Å². The Balaban J connectivity index is 1.59. The highest BCUT2D eigenvalue weighted by Crippen LogP contribution is 2.28. The zero-order valence-corrected chi connectivity index (χ0v) is 20.7. The van der Waals surface area contributed by atoms with Crippen LogP contribution in [0.25, 0.3) is 0 Å². The molecule has 4 rings (SSSR count). The largest absolute Gasteiger partial charge is 0.497 e. The third kappa shape index (κ3) is 6.20. The van der Waals surface area contributed by atoms with Crippen molar-refractivity contribution in [3.63, 3.8) is 0 Å². The van der Waals surface area contributed by atoms with Crippen molar-refractivity contribution in [2.45, 2.75) is 25.0 Å². The van der Waals surface area contributed by atoms with E-state index >= 15 is 0 Å². The Labute approximate surface area is 207 Å². The van der Waals surface area contributed by atoms with Crippen LogP contribution in [-0.4, -0.2) is 98.7 Å². The number of nitrogens with one attached hydrogen (secondary N) is 1. The van der Waals surface area contributed by atoms with E-state index in [1.54, 1.807) is 31.3 Å². The molecule has 8 nitrogen and oxygen atoms in total. The third-order valence-corrected chi connectivity index (χ3v) is 6.90. The molecular weight excluding hydrogens is 444 g/mol. The predicted octanol–water partition coefficient (Wildman–Crippen LogP) is 1.86. The van der Waals surface area contributed by atoms with Crippen LogP contribution < -0.4 is 10.1 Å². The van der Waals surface area contributed by atoms with Gasteiger partial charge in [-0.15, -0.1) is 0 Å². The van der Waals surface area contributed by atoms with E-state index in [2.05, 4.69) is 22.3 Å². The minimum absolute atomic E-state index is 0.0386. The van der Waals surface area contributed by atoms with Crippen molar-refractivity contribution in [3.8, 4) is 5.75 Å². The molecule has 2 aromatic rings. The fraction of sp³-hybridized carbons (Fsp3) is 0.481. The molecule has 2 atom stereocenters. The van der Waals surface area contributed by atoms with Gasteiger partial charge in [0.15, 0.2) is 0 Å². The maximum atomic E-state index is 13.7. The van der Waals surface area contributed by atoms with Crippen LogP contribution in [0.2, 0.25) is 0 Å². The highest BCUT2D eigenvalue weighted by molar-refractivity contribution is 5.98. The lowest BCUT2D eigenvalue weighted by atomic mass is 10.1. The summed E-state index contributed by atoms with van der Waals surface area (Å²) in [7, 11) is 3.29. The smallest absolute Gasteiger partial charge is 0.254 e. The van der Waals surface area contributed by atoms with Crippen molar-refractivity contribution in [2.24, 2.45) is 0 Å². The molecule has 2 aliphatic heterocycles. The number of benzene rings is 2. The average Bonchev–Trinajstić information content (AvgIpc) is 3.36. The lowest BCUT2D eigenvalue weighted by Crippen LogP contribution is -2.53. The van der Waals surface area contributed by atoms with Gasteiger partial charge in [-0.25, -0.2) is 0 Å². The second-order valence-electron chi connectivity index (χ2n) is 9.12. The van der Waals surface area contributed by atoms with Crippen molar-refractivity contribution >= 4 is 11.8 Å². The minimum Gasteiger partial charge on any atom is -0.497 e. The summed E-state index contributed by atoms with van der Waals surface area (Å²) in [6.07, 6.45) is 0.606. The maximum absolute atomic E-state index is 13.7. The number of methoxy groups -OCH3 is 2. The number of ether oxygens (including phenoxy) is 2. The van der Waals surface area contributed by atoms with Gasteiger partial charge >= 0.3 is 0 Å². The molecule has 2 amide bonds. The molecule has 2 heterocycles. The zero-order chi connectivity index (χ0) is 24.6. The van der Waals surface area contributed by atoms with E-state index < -0.39 is 6.04 Å². The Bertz CT molecular complexity index is 980. The van der Waals surface area contributed by atoms with Crippen LogP contribution in [0.15, 0.2) is 54.6 Å². The Morgan fingerprint density at radius 3 is 2.54 bits per heavy atom. The molecular formula is C27H36N4O4. The fourth-order valence-electron chi connectivity index (χ4n) is 4.97. The van der Waals surface area contributed by atoms with Crippen LogP contribution in [0.3, 0.4) is 0 Å². The number of carbonyl (C=O) groups excluding carboxylic acids is 2. The summed E-state index contributed by atoms with van der Waals surface area (Å²) in [6, 6.07) is 17.0. The van der Waals surface area contributed by atoms with E-state index in [0.717, 1.165) is 26.2 Å². The molecule has 35 heavy (non-hydrogen) atoms. The zero-order valence-electron chi connectivity index (χ0n) is 20.7. The first-order chi connectivity index (χ1) is 17.1. The first kappa shape index (κ1) is 25.2. The predicted molar refractivity (Wildman–Crippen MR) is 134 cm³/mol. The standard InChI is InChI=1S/C27H36N4O4/c1-34-16-15-30(19-21-7-4-3-5-8-21)23-18-25(27(33)29-13-11-28-12-14-29)31(20-23)26(32)22-9-6-10-24(17-22)35-2/h3-10,17,23,25,28H,11-16,18-20H2,1-2H3. The summed E-state index contributed by atoms with van der Waals surface area (Å²) in [4.78, 5) is 33.4. The summed E-state index contributed by atoms with van der Waals surface area (Å²) in [5.41, 5.74) is 1.74. The van der Waals surface area contributed by atoms with Crippen LogP contribution in [-0.2, 0) is 16.1 Å². The van der Waals surface area contributed by atoms with Gasteiger partial charge in [-0.2, -0.15) is 0 Å². The number of nitrogens with zero attached hydrogens (tertiary/aromatic N) is 3. The number of hydrogen-bond donors (Lipinski definition) is 1. The van der Waals surface area contributed by atoms with Crippen LogP contribution in [0.5, 0.6) is 5.75 Å². The van der Waals surface area contributed by atoms with E-state index in [9.17, 15) is 9.59 Å². The van der Waals surface area contributed by atoms with Gasteiger partial charge < -0.3 is 24.6 Å². The van der Waals surface area contributed by atoms with Crippen molar-refractivity contribution in [2.75, 3.05) is 60.1 Å². The molecule has 188 valence electrons. The molecule has 0 saturated carbocycles. The summed E-state index contributed by atoms with van der Waals surface area (Å²) in [5, 5.41) is 3.30. The Morgan fingerprint density at radius 2 is 1.83 bits per heavy atom. The second kappa shape index (κ2) is 12.2. The van der Waals surface area contributed by atoms with Crippen molar-refractivity contribution in [1.82, 2.24) is 20.0 Å². The molecule has 0 aliphatic carbocycles. The van der Waals surface area contributed by atoms with Gasteiger partial charge in [0.2, 0.25) is 5.91 Å². The molecule has 2 saturated heterocycles. The van der Waals surface area contributed by atoms with Gasteiger partial charge in [-0.1, -0.05) is 36.4 Å². The topological polar surface area (TPSA) is 74.4 Å². The average molecular weight is 481 g/mol. The number of rotatable bonds is 9. The number of piperazine rings is 1. The molecule has 2 unspecified atom stereocenters. The van der Waals surface area contributed by atoms with Gasteiger partial charge in [0.1, 0.15) is 11.8 Å². The van der Waals surface area contributed by atoms with Gasteiger partial charge in [0.05, 0.1) is 13.7 Å². The van der Waals surface area contributed by atoms with Gasteiger partial charge in [-0.3, -0.25) is 14.5 Å². The number of carbonyl (C=O) groups is 2. The van der Waals surface area contributed by atoms with Crippen LogP contribution in [0.1, 0.15) is 22.3 Å². The normalized spacial score (nSPS) is 20.3. The van der Waals surface area contributed by atoms with Crippen molar-refractivity contribution in [1.29, 1.82) is 0 Å². The number of hydrogen-bond acceptors (Lipinski definition) is 6. The first-order valence-electron chi connectivity index (χ1n) is 12.3. The Kier molecular flexibility index (Phi) is 8.74. The minimum atomic E-state index is -0.488. The summed E-state index contributed by atoms with van der Waals surface area (Å²) < 4.78 is 10.7. The summed E-state index contributed by atoms with van der Waals surface area (Å²) in [6.45, 7) is 5.44. The molecule has 2 fully saturated rings. The van der Waals surface area contributed by atoms with Crippen LogP contribution in [0, 0.1) is 0 Å². The van der Waals surface area contributed by atoms with E-state index in [1.165, 1.54) is 5.56 Å². The highest BCUT2D eigenvalue weighted by atomic mass is 16.5. The SMILES string of the molecule is COCCN(Cc1ccccc1)C1CC(C(=O)N2CCNCC2)N(C(=O)c2cccc(OC)c2)C1. The lowest BCUT2D eigenvalue weighted by molar-refractivity contribution is -0.135. The molecule has 0 aromatic heterocycles. The van der Waals surface area contributed by atoms with Gasteiger partial charge in [0.25, 0.3) is 5.91 Å². The first-order valence-corrected chi connectivity index (χ1v) is 12.3. The molecule has 2 aromatic carbocycles. The van der Waals surface area contributed by atoms with E-state index in [0.29, 0.717) is 44.0 Å². The quantitative estimate of drug-likeness (QED) is 0.591. The highest BCUT2D eigenvalue weighted by Gasteiger charge is 2.43. The molecule has 0 radical (unpaired) electrons. The number of likely N-dealkylation sites (tertiary alicyclic amines) is 1. The van der Waals surface area contributed by atoms with Gasteiger partial charge in [0, 0.05) is 64.5 Å². The Morgan fingerprint density at radius 1 is 1.06 bits per heavy atom. The third-order valence-electron chi connectivity index (χ3n) is 6.90. The maximum Gasteiger partial charge on any atom is 0.254 e. The van der Waals surface area contributed by atoms with Gasteiger partial charge in [-0.05, 0) is 30.2 Å².